The Morgan fingerprint density at radius 1 is 1.32 bits per heavy atom. The van der Waals surface area contributed by atoms with Crippen LogP contribution < -0.4 is 5.32 Å². The molecule has 0 heterocycles. The summed E-state index contributed by atoms with van der Waals surface area (Å²) in [6, 6.07) is 8.30. The maximum absolute atomic E-state index is 11.8. The summed E-state index contributed by atoms with van der Waals surface area (Å²) in [6.45, 7) is 2.94. The molecule has 0 saturated heterocycles. The summed E-state index contributed by atoms with van der Waals surface area (Å²) in [5.41, 5.74) is 1.24. The Kier molecular flexibility index (Phi) is 5.77. The number of aryl methyl sites for hydroxylation is 1. The van der Waals surface area contributed by atoms with Crippen molar-refractivity contribution in [2.45, 2.75) is 43.9 Å². The average molecular weight is 277 g/mol. The number of rotatable bonds is 5. The Labute approximate surface area is 120 Å². The lowest BCUT2D eigenvalue weighted by atomic mass is 9.89. The molecule has 0 aromatic heterocycles. The van der Waals surface area contributed by atoms with E-state index in [0.717, 1.165) is 6.54 Å². The van der Waals surface area contributed by atoms with Crippen LogP contribution in [-0.4, -0.2) is 18.2 Å². The van der Waals surface area contributed by atoms with Gasteiger partial charge in [0.15, 0.2) is 0 Å². The first-order chi connectivity index (χ1) is 9.24. The Morgan fingerprint density at radius 3 is 2.84 bits per heavy atom. The van der Waals surface area contributed by atoms with E-state index in [-0.39, 0.29) is 5.91 Å². The van der Waals surface area contributed by atoms with E-state index in [9.17, 15) is 4.79 Å². The van der Waals surface area contributed by atoms with E-state index in [2.05, 4.69) is 30.4 Å². The van der Waals surface area contributed by atoms with Crippen molar-refractivity contribution >= 4 is 17.7 Å². The van der Waals surface area contributed by atoms with Crippen molar-refractivity contribution in [3.05, 3.63) is 29.8 Å². The maximum atomic E-state index is 11.8. The lowest BCUT2D eigenvalue weighted by molar-refractivity contribution is -0.118. The second-order valence-corrected chi connectivity index (χ2v) is 6.46. The third-order valence-corrected chi connectivity index (χ3v) is 4.67. The highest BCUT2D eigenvalue weighted by Gasteiger charge is 2.14. The number of hydrogen-bond acceptors (Lipinski definition) is 2. The molecule has 2 nitrogen and oxygen atoms in total. The smallest absolute Gasteiger partial charge is 0.230 e. The van der Waals surface area contributed by atoms with Crippen molar-refractivity contribution < 1.29 is 4.79 Å². The first-order valence-corrected chi connectivity index (χ1v) is 8.19. The van der Waals surface area contributed by atoms with Gasteiger partial charge in [0.1, 0.15) is 0 Å². The zero-order valence-corrected chi connectivity index (χ0v) is 12.5. The molecule has 1 amide bonds. The second-order valence-electron chi connectivity index (χ2n) is 5.41. The van der Waals surface area contributed by atoms with Crippen LogP contribution in [0, 0.1) is 12.8 Å². The molecule has 0 aliphatic heterocycles. The largest absolute Gasteiger partial charge is 0.355 e. The van der Waals surface area contributed by atoms with E-state index in [4.69, 9.17) is 0 Å². The van der Waals surface area contributed by atoms with Gasteiger partial charge in [-0.2, -0.15) is 0 Å². The van der Waals surface area contributed by atoms with Crippen LogP contribution in [0.15, 0.2) is 29.2 Å². The molecule has 1 aliphatic rings. The minimum atomic E-state index is 0.164. The quantitative estimate of drug-likeness (QED) is 0.830. The molecule has 104 valence electrons. The minimum Gasteiger partial charge on any atom is -0.355 e. The fraction of sp³-hybridized carbons (Fsp3) is 0.562. The molecule has 1 aromatic carbocycles. The van der Waals surface area contributed by atoms with E-state index in [1.165, 1.54) is 42.6 Å². The van der Waals surface area contributed by atoms with Crippen molar-refractivity contribution in [2.75, 3.05) is 12.3 Å². The van der Waals surface area contributed by atoms with Gasteiger partial charge in [-0.1, -0.05) is 37.0 Å². The number of hydrogen-bond donors (Lipinski definition) is 1. The Bertz CT molecular complexity index is 413. The van der Waals surface area contributed by atoms with Crippen LogP contribution in [0.4, 0.5) is 0 Å². The van der Waals surface area contributed by atoms with Gasteiger partial charge in [-0.3, -0.25) is 4.79 Å². The standard InChI is InChI=1S/C16H23NOS/c1-13-6-5-9-15(10-13)19-12-16(18)17-11-14-7-3-2-4-8-14/h5-6,9-10,14H,2-4,7-8,11-12H2,1H3,(H,17,18). The van der Waals surface area contributed by atoms with Gasteiger partial charge in [0.05, 0.1) is 5.75 Å². The molecule has 0 unspecified atom stereocenters. The Morgan fingerprint density at radius 2 is 2.11 bits per heavy atom. The number of thioether (sulfide) groups is 1. The molecular formula is C16H23NOS. The van der Waals surface area contributed by atoms with Gasteiger partial charge >= 0.3 is 0 Å². The van der Waals surface area contributed by atoms with Gasteiger partial charge in [0.25, 0.3) is 0 Å². The van der Waals surface area contributed by atoms with Gasteiger partial charge < -0.3 is 5.32 Å². The van der Waals surface area contributed by atoms with Crippen LogP contribution in [-0.2, 0) is 4.79 Å². The number of nitrogens with one attached hydrogen (secondary N) is 1. The molecule has 19 heavy (non-hydrogen) atoms. The molecule has 0 atom stereocenters. The first kappa shape index (κ1) is 14.4. The van der Waals surface area contributed by atoms with Crippen LogP contribution >= 0.6 is 11.8 Å². The highest BCUT2D eigenvalue weighted by Crippen LogP contribution is 2.23. The summed E-state index contributed by atoms with van der Waals surface area (Å²) in [6.07, 6.45) is 6.60. The summed E-state index contributed by atoms with van der Waals surface area (Å²) in [5.74, 6) is 1.40. The summed E-state index contributed by atoms with van der Waals surface area (Å²) >= 11 is 1.62. The lowest BCUT2D eigenvalue weighted by Gasteiger charge is -2.21. The highest BCUT2D eigenvalue weighted by molar-refractivity contribution is 8.00. The van der Waals surface area contributed by atoms with Crippen LogP contribution in [0.1, 0.15) is 37.7 Å². The number of benzene rings is 1. The third kappa shape index (κ3) is 5.27. The van der Waals surface area contributed by atoms with Gasteiger partial charge in [-0.05, 0) is 37.8 Å². The minimum absolute atomic E-state index is 0.164. The fourth-order valence-electron chi connectivity index (χ4n) is 2.55. The van der Waals surface area contributed by atoms with Crippen LogP contribution in [0.5, 0.6) is 0 Å². The monoisotopic (exact) mass is 277 g/mol. The molecule has 1 N–H and O–H groups in total. The predicted octanol–water partition coefficient (Wildman–Crippen LogP) is 3.78. The molecule has 0 spiro atoms. The van der Waals surface area contributed by atoms with Crippen molar-refractivity contribution in [3.8, 4) is 0 Å². The van der Waals surface area contributed by atoms with E-state index in [0.29, 0.717) is 11.7 Å². The zero-order valence-electron chi connectivity index (χ0n) is 11.7. The fourth-order valence-corrected chi connectivity index (χ4v) is 3.40. The van der Waals surface area contributed by atoms with Crippen LogP contribution in [0.2, 0.25) is 0 Å². The van der Waals surface area contributed by atoms with Crippen molar-refractivity contribution in [1.29, 1.82) is 0 Å². The molecule has 1 aromatic rings. The maximum Gasteiger partial charge on any atom is 0.230 e. The van der Waals surface area contributed by atoms with Crippen molar-refractivity contribution in [1.82, 2.24) is 5.32 Å². The summed E-state index contributed by atoms with van der Waals surface area (Å²) in [7, 11) is 0. The van der Waals surface area contributed by atoms with Crippen molar-refractivity contribution in [2.24, 2.45) is 5.92 Å². The van der Waals surface area contributed by atoms with Crippen molar-refractivity contribution in [3.63, 3.8) is 0 Å². The molecular weight excluding hydrogens is 254 g/mol. The Hall–Kier alpha value is -0.960. The van der Waals surface area contributed by atoms with Crippen LogP contribution in [0.25, 0.3) is 0 Å². The number of carbonyl (C=O) groups excluding carboxylic acids is 1. The average Bonchev–Trinajstić information content (AvgIpc) is 2.44. The van der Waals surface area contributed by atoms with E-state index in [1.54, 1.807) is 11.8 Å². The predicted molar refractivity (Wildman–Crippen MR) is 81.5 cm³/mol. The SMILES string of the molecule is Cc1cccc(SCC(=O)NCC2CCCCC2)c1. The van der Waals surface area contributed by atoms with Gasteiger partial charge in [0.2, 0.25) is 5.91 Å². The molecule has 1 fully saturated rings. The third-order valence-electron chi connectivity index (χ3n) is 3.67. The lowest BCUT2D eigenvalue weighted by Crippen LogP contribution is -2.31. The highest BCUT2D eigenvalue weighted by atomic mass is 32.2. The normalized spacial score (nSPS) is 16.3. The second kappa shape index (κ2) is 7.59. The number of carbonyl (C=O) groups is 1. The van der Waals surface area contributed by atoms with Gasteiger partial charge in [-0.15, -0.1) is 11.8 Å². The van der Waals surface area contributed by atoms with E-state index >= 15 is 0 Å². The summed E-state index contributed by atoms with van der Waals surface area (Å²) < 4.78 is 0. The molecule has 3 heteroatoms. The molecule has 0 bridgehead atoms. The van der Waals surface area contributed by atoms with Crippen LogP contribution in [0.3, 0.4) is 0 Å². The molecule has 1 saturated carbocycles. The van der Waals surface area contributed by atoms with Gasteiger partial charge in [-0.25, -0.2) is 0 Å². The topological polar surface area (TPSA) is 29.1 Å². The first-order valence-electron chi connectivity index (χ1n) is 7.20. The van der Waals surface area contributed by atoms with Gasteiger partial charge in [0, 0.05) is 11.4 Å². The van der Waals surface area contributed by atoms with E-state index < -0.39 is 0 Å². The Balaban J connectivity index is 1.66. The molecule has 1 aliphatic carbocycles. The summed E-state index contributed by atoms with van der Waals surface area (Å²) in [5, 5.41) is 3.08. The molecule has 0 radical (unpaired) electrons. The molecule has 2 rings (SSSR count). The summed E-state index contributed by atoms with van der Waals surface area (Å²) in [4.78, 5) is 13.0. The number of amides is 1. The van der Waals surface area contributed by atoms with E-state index in [1.807, 2.05) is 6.07 Å². The zero-order chi connectivity index (χ0) is 13.5.